The quantitative estimate of drug-likeness (QED) is 0.387. The van der Waals surface area contributed by atoms with Gasteiger partial charge in [0.1, 0.15) is 11.6 Å². The lowest BCUT2D eigenvalue weighted by molar-refractivity contribution is -0.113. The van der Waals surface area contributed by atoms with Crippen LogP contribution in [0.5, 0.6) is 0 Å². The molecule has 0 unspecified atom stereocenters. The number of amides is 1. The summed E-state index contributed by atoms with van der Waals surface area (Å²) >= 11 is 0. The van der Waals surface area contributed by atoms with E-state index in [9.17, 15) is 14.9 Å². The van der Waals surface area contributed by atoms with Gasteiger partial charge in [0.05, 0.1) is 12.7 Å². The Morgan fingerprint density at radius 3 is 2.32 bits per heavy atom. The number of esters is 1. The van der Waals surface area contributed by atoms with Crippen molar-refractivity contribution in [1.29, 1.82) is 5.26 Å². The summed E-state index contributed by atoms with van der Waals surface area (Å²) in [7, 11) is 1.34. The molecule has 31 heavy (non-hydrogen) atoms. The predicted molar refractivity (Wildman–Crippen MR) is 118 cm³/mol. The smallest absolute Gasteiger partial charge is 0.337 e. The van der Waals surface area contributed by atoms with E-state index in [4.69, 9.17) is 4.74 Å². The number of nitrogens with zero attached hydrogens (tertiary/aromatic N) is 3. The van der Waals surface area contributed by atoms with Crippen molar-refractivity contribution in [2.75, 3.05) is 12.5 Å². The lowest BCUT2D eigenvalue weighted by atomic mass is 10.1. The van der Waals surface area contributed by atoms with Crippen LogP contribution in [0.15, 0.2) is 48.0 Å². The average molecular weight is 416 g/mol. The third-order valence-corrected chi connectivity index (χ3v) is 5.15. The highest BCUT2D eigenvalue weighted by Crippen LogP contribution is 2.24. The number of carbonyl (C=O) groups excluding carboxylic acids is 2. The number of aromatic nitrogens is 2. The summed E-state index contributed by atoms with van der Waals surface area (Å²) < 4.78 is 8.42. The van der Waals surface area contributed by atoms with Gasteiger partial charge in [0, 0.05) is 28.5 Å². The van der Waals surface area contributed by atoms with Gasteiger partial charge in [-0.2, -0.15) is 5.26 Å². The van der Waals surface area contributed by atoms with Gasteiger partial charge in [-0.05, 0) is 75.7 Å². The summed E-state index contributed by atoms with van der Waals surface area (Å²) in [4.78, 5) is 24.6. The van der Waals surface area contributed by atoms with Gasteiger partial charge >= 0.3 is 5.97 Å². The van der Waals surface area contributed by atoms with E-state index in [0.717, 1.165) is 34.0 Å². The Labute approximate surface area is 181 Å². The molecule has 0 aliphatic carbocycles. The second-order valence-corrected chi connectivity index (χ2v) is 7.27. The van der Waals surface area contributed by atoms with Crippen molar-refractivity contribution >= 4 is 18.0 Å². The largest absolute Gasteiger partial charge is 0.465 e. The summed E-state index contributed by atoms with van der Waals surface area (Å²) in [5, 5.41) is 9.59. The maximum absolute atomic E-state index is 12.7. The summed E-state index contributed by atoms with van der Waals surface area (Å²) in [5.41, 5.74) is 8.21. The number of ether oxygens (including phenoxy) is 1. The van der Waals surface area contributed by atoms with E-state index in [1.807, 2.05) is 62.6 Å². The number of carbonyl (C=O) groups is 2. The molecule has 3 rings (SSSR count). The molecular weight excluding hydrogens is 392 g/mol. The van der Waals surface area contributed by atoms with Crippen LogP contribution in [0, 0.1) is 39.0 Å². The number of benzene rings is 1. The van der Waals surface area contributed by atoms with Gasteiger partial charge in [0.15, 0.2) is 0 Å². The summed E-state index contributed by atoms with van der Waals surface area (Å²) in [6.45, 7) is 7.57. The Morgan fingerprint density at radius 1 is 1.03 bits per heavy atom. The fourth-order valence-corrected chi connectivity index (χ4v) is 3.53. The van der Waals surface area contributed by atoms with E-state index in [1.54, 1.807) is 29.0 Å². The Kier molecular flexibility index (Phi) is 6.12. The highest BCUT2D eigenvalue weighted by molar-refractivity contribution is 6.06. The molecule has 0 atom stereocenters. The molecule has 0 bridgehead atoms. The van der Waals surface area contributed by atoms with Crippen LogP contribution >= 0.6 is 0 Å². The standard InChI is InChI=1S/C24H24N4O3/c1-15-9-10-16(2)28(15)26-23(29)21(14-25)12-20-11-17(3)27(18(20)4)22-8-6-7-19(13-22)24(30)31-5/h6-13H,1-5H3,(H,26,29)/b21-12-. The first kappa shape index (κ1) is 21.7. The van der Waals surface area contributed by atoms with Crippen molar-refractivity contribution < 1.29 is 14.3 Å². The molecule has 0 fully saturated rings. The maximum Gasteiger partial charge on any atom is 0.337 e. The van der Waals surface area contributed by atoms with E-state index < -0.39 is 11.9 Å². The molecule has 7 nitrogen and oxygen atoms in total. The molecule has 0 aliphatic heterocycles. The maximum atomic E-state index is 12.7. The van der Waals surface area contributed by atoms with Crippen LogP contribution in [0.3, 0.4) is 0 Å². The van der Waals surface area contributed by atoms with Gasteiger partial charge in [-0.3, -0.25) is 14.9 Å². The molecule has 3 aromatic rings. The normalized spacial score (nSPS) is 11.2. The molecule has 0 saturated heterocycles. The molecule has 158 valence electrons. The highest BCUT2D eigenvalue weighted by atomic mass is 16.5. The topological polar surface area (TPSA) is 89.1 Å². The fraction of sp³-hybridized carbons (Fsp3) is 0.208. The van der Waals surface area contributed by atoms with Gasteiger partial charge in [-0.1, -0.05) is 6.07 Å². The fourth-order valence-electron chi connectivity index (χ4n) is 3.53. The van der Waals surface area contributed by atoms with Crippen molar-refractivity contribution in [3.8, 4) is 11.8 Å². The van der Waals surface area contributed by atoms with Crippen LogP contribution in [0.25, 0.3) is 11.8 Å². The monoisotopic (exact) mass is 416 g/mol. The van der Waals surface area contributed by atoms with Crippen molar-refractivity contribution in [2.24, 2.45) is 0 Å². The van der Waals surface area contributed by atoms with Gasteiger partial charge in [-0.15, -0.1) is 0 Å². The molecule has 0 spiro atoms. The Hall–Kier alpha value is -4.05. The number of nitriles is 1. The zero-order valence-corrected chi connectivity index (χ0v) is 18.2. The van der Waals surface area contributed by atoms with E-state index >= 15 is 0 Å². The minimum atomic E-state index is -0.484. The molecule has 2 heterocycles. The van der Waals surface area contributed by atoms with Gasteiger partial charge < -0.3 is 9.30 Å². The third kappa shape index (κ3) is 4.28. The first-order chi connectivity index (χ1) is 14.8. The lowest BCUT2D eigenvalue weighted by Gasteiger charge is -2.11. The van der Waals surface area contributed by atoms with Crippen LogP contribution in [0.2, 0.25) is 0 Å². The van der Waals surface area contributed by atoms with Crippen molar-refractivity contribution in [2.45, 2.75) is 27.7 Å². The first-order valence-electron chi connectivity index (χ1n) is 9.72. The van der Waals surface area contributed by atoms with Gasteiger partial charge in [-0.25, -0.2) is 4.79 Å². The average Bonchev–Trinajstić information content (AvgIpc) is 3.23. The number of hydrogen-bond donors (Lipinski definition) is 1. The molecule has 0 aliphatic rings. The summed E-state index contributed by atoms with van der Waals surface area (Å²) in [6.07, 6.45) is 1.58. The predicted octanol–water partition coefficient (Wildman–Crippen LogP) is 3.98. The SMILES string of the molecule is COC(=O)c1cccc(-n2c(C)cc(/C=C(/C#N)C(=O)Nn3c(C)ccc3C)c2C)c1. The molecular formula is C24H24N4O3. The second kappa shape index (κ2) is 8.76. The van der Waals surface area contributed by atoms with Crippen molar-refractivity contribution in [3.63, 3.8) is 0 Å². The Bertz CT molecular complexity index is 1220. The molecule has 0 radical (unpaired) electrons. The number of aryl methyl sites for hydroxylation is 3. The molecule has 7 heteroatoms. The van der Waals surface area contributed by atoms with Crippen LogP contribution in [0.1, 0.15) is 38.7 Å². The van der Waals surface area contributed by atoms with Gasteiger partial charge in [0.2, 0.25) is 0 Å². The van der Waals surface area contributed by atoms with Crippen LogP contribution < -0.4 is 5.43 Å². The minimum Gasteiger partial charge on any atom is -0.465 e. The third-order valence-electron chi connectivity index (χ3n) is 5.15. The Balaban J connectivity index is 1.97. The van der Waals surface area contributed by atoms with Crippen molar-refractivity contribution in [1.82, 2.24) is 9.24 Å². The molecule has 1 N–H and O–H groups in total. The molecule has 1 amide bonds. The zero-order chi connectivity index (χ0) is 22.7. The first-order valence-corrected chi connectivity index (χ1v) is 9.72. The van der Waals surface area contributed by atoms with E-state index in [0.29, 0.717) is 5.56 Å². The number of hydrogen-bond acceptors (Lipinski definition) is 4. The van der Waals surface area contributed by atoms with Gasteiger partial charge in [0.25, 0.3) is 5.91 Å². The summed E-state index contributed by atoms with van der Waals surface area (Å²) in [6, 6.07) is 14.8. The van der Waals surface area contributed by atoms with Crippen LogP contribution in [-0.2, 0) is 9.53 Å². The highest BCUT2D eigenvalue weighted by Gasteiger charge is 2.16. The molecule has 0 saturated carbocycles. The minimum absolute atomic E-state index is 0.00365. The Morgan fingerprint density at radius 2 is 1.71 bits per heavy atom. The number of nitrogens with one attached hydrogen (secondary N) is 1. The van der Waals surface area contributed by atoms with E-state index in [-0.39, 0.29) is 5.57 Å². The zero-order valence-electron chi connectivity index (χ0n) is 18.2. The molecule has 1 aromatic carbocycles. The lowest BCUT2D eigenvalue weighted by Crippen LogP contribution is -2.25. The van der Waals surface area contributed by atoms with Crippen LogP contribution in [-0.4, -0.2) is 28.2 Å². The summed E-state index contributed by atoms with van der Waals surface area (Å²) in [5.74, 6) is -0.897. The second-order valence-electron chi connectivity index (χ2n) is 7.27. The number of rotatable bonds is 5. The van der Waals surface area contributed by atoms with Crippen LogP contribution in [0.4, 0.5) is 0 Å². The van der Waals surface area contributed by atoms with Crippen molar-refractivity contribution in [3.05, 3.63) is 81.9 Å². The number of methoxy groups -OCH3 is 1. The van der Waals surface area contributed by atoms with E-state index in [2.05, 4.69) is 5.43 Å². The molecule has 2 aromatic heterocycles. The van der Waals surface area contributed by atoms with E-state index in [1.165, 1.54) is 7.11 Å².